The summed E-state index contributed by atoms with van der Waals surface area (Å²) < 4.78 is 20.8. The van der Waals surface area contributed by atoms with E-state index >= 15 is 0 Å². The molecule has 10 nitrogen and oxygen atoms in total. The van der Waals surface area contributed by atoms with Crippen molar-refractivity contribution < 1.29 is 23.8 Å². The first-order valence-electron chi connectivity index (χ1n) is 11.8. The van der Waals surface area contributed by atoms with Crippen molar-refractivity contribution in [1.29, 1.82) is 0 Å². The van der Waals surface area contributed by atoms with Gasteiger partial charge < -0.3 is 25.9 Å². The number of nitrogens with two attached hydrogens (primary N) is 1. The number of H-pyrrole nitrogens is 1. The number of aromatic nitrogens is 3. The normalized spacial score (nSPS) is 18.0. The number of pyridine rings is 1. The second-order valence-corrected chi connectivity index (χ2v) is 9.90. The lowest BCUT2D eigenvalue weighted by Gasteiger charge is -2.26. The van der Waals surface area contributed by atoms with Gasteiger partial charge in [0.2, 0.25) is 5.91 Å². The van der Waals surface area contributed by atoms with Crippen LogP contribution in [0, 0.1) is 5.82 Å². The largest absolute Gasteiger partial charge is 0.489 e. The van der Waals surface area contributed by atoms with Crippen molar-refractivity contribution in [2.45, 2.75) is 24.9 Å². The van der Waals surface area contributed by atoms with Gasteiger partial charge in [-0.25, -0.2) is 14.2 Å². The molecular formula is C27H26FN5O5. The zero-order valence-corrected chi connectivity index (χ0v) is 21.0. The van der Waals surface area contributed by atoms with Gasteiger partial charge in [-0.1, -0.05) is 0 Å². The fourth-order valence-electron chi connectivity index (χ4n) is 4.48. The van der Waals surface area contributed by atoms with Gasteiger partial charge in [-0.05, 0) is 62.4 Å². The van der Waals surface area contributed by atoms with Crippen LogP contribution in [0.2, 0.25) is 0 Å². The minimum absolute atomic E-state index is 0.0139. The number of aryl methyl sites for hydroxylation is 1. The predicted molar refractivity (Wildman–Crippen MR) is 137 cm³/mol. The lowest BCUT2D eigenvalue weighted by Crippen LogP contribution is -2.41. The summed E-state index contributed by atoms with van der Waals surface area (Å²) in [7, 11) is 1.59. The van der Waals surface area contributed by atoms with Gasteiger partial charge in [0.1, 0.15) is 34.9 Å². The summed E-state index contributed by atoms with van der Waals surface area (Å²) in [6, 6.07) is 11.9. The third-order valence-electron chi connectivity index (χ3n) is 7.05. The Balaban J connectivity index is 1.49. The Kier molecular flexibility index (Phi) is 5.83. The molecular weight excluding hydrogens is 493 g/mol. The molecule has 0 fully saturated rings. The highest BCUT2D eigenvalue weighted by Gasteiger charge is 2.45. The van der Waals surface area contributed by atoms with Crippen LogP contribution in [0.3, 0.4) is 0 Å². The number of carbonyl (C=O) groups excluding carboxylic acids is 2. The first kappa shape index (κ1) is 25.2. The molecule has 196 valence electrons. The molecule has 4 aromatic rings. The third kappa shape index (κ3) is 4.10. The Bertz CT molecular complexity index is 1660. The Hall–Kier alpha value is -4.51. The molecule has 5 N–H and O–H groups in total. The Labute approximate surface area is 216 Å². The molecule has 0 radical (unpaired) electrons. The number of ether oxygens (including phenoxy) is 1. The molecule has 0 aliphatic carbocycles. The first-order chi connectivity index (χ1) is 17.9. The summed E-state index contributed by atoms with van der Waals surface area (Å²) in [5.74, 6) is -1.18. The number of hydrogen-bond donors (Lipinski definition) is 4. The Morgan fingerprint density at radius 1 is 1.26 bits per heavy atom. The maximum absolute atomic E-state index is 13.6. The van der Waals surface area contributed by atoms with E-state index in [1.54, 1.807) is 38.2 Å². The molecule has 0 saturated carbocycles. The monoisotopic (exact) mass is 519 g/mol. The summed E-state index contributed by atoms with van der Waals surface area (Å²) >= 11 is 0. The second kappa shape index (κ2) is 8.80. The number of aromatic amines is 1. The molecule has 5 rings (SSSR count). The summed E-state index contributed by atoms with van der Waals surface area (Å²) in [4.78, 5) is 44.4. The minimum atomic E-state index is -1.67. The van der Waals surface area contributed by atoms with E-state index in [1.807, 2.05) is 0 Å². The van der Waals surface area contributed by atoms with Gasteiger partial charge in [0.25, 0.3) is 5.91 Å². The molecule has 2 amide bonds. The maximum atomic E-state index is 13.6. The van der Waals surface area contributed by atoms with Gasteiger partial charge in [0, 0.05) is 23.7 Å². The summed E-state index contributed by atoms with van der Waals surface area (Å²) in [5.41, 5.74) is 5.44. The van der Waals surface area contributed by atoms with Crippen LogP contribution in [-0.2, 0) is 22.9 Å². The zero-order valence-electron chi connectivity index (χ0n) is 21.0. The van der Waals surface area contributed by atoms with Crippen LogP contribution < -0.4 is 21.5 Å². The van der Waals surface area contributed by atoms with Gasteiger partial charge in [-0.3, -0.25) is 14.2 Å². The number of fused-ring (bicyclic) bond motifs is 2. The SMILES string of the molecule is Cn1c(=O)[nH]c2ccc(C(=O)NC[C@](C)(O)c3cc4c(c(-c5ccc(F)cc5)n3)OC[C@]4(C)C(N)=O)cc21. The number of benzene rings is 2. The van der Waals surface area contributed by atoms with Crippen molar-refractivity contribution in [3.63, 3.8) is 0 Å². The van der Waals surface area contributed by atoms with Crippen LogP contribution >= 0.6 is 0 Å². The fourth-order valence-corrected chi connectivity index (χ4v) is 4.48. The summed E-state index contributed by atoms with van der Waals surface area (Å²) in [6.45, 7) is 2.88. The van der Waals surface area contributed by atoms with Gasteiger partial charge in [-0.15, -0.1) is 0 Å². The fraction of sp³-hybridized carbons (Fsp3) is 0.259. The molecule has 2 aromatic heterocycles. The van der Waals surface area contributed by atoms with E-state index in [0.29, 0.717) is 39.2 Å². The molecule has 3 heterocycles. The van der Waals surface area contributed by atoms with Crippen LogP contribution in [0.25, 0.3) is 22.3 Å². The van der Waals surface area contributed by atoms with E-state index < -0.39 is 28.6 Å². The number of nitrogens with one attached hydrogen (secondary N) is 2. The van der Waals surface area contributed by atoms with Crippen LogP contribution in [0.1, 0.15) is 35.5 Å². The van der Waals surface area contributed by atoms with Crippen molar-refractivity contribution in [2.75, 3.05) is 13.2 Å². The average Bonchev–Trinajstić information content (AvgIpc) is 3.39. The highest BCUT2D eigenvalue weighted by Crippen LogP contribution is 2.45. The molecule has 0 unspecified atom stereocenters. The predicted octanol–water partition coefficient (Wildman–Crippen LogP) is 1.84. The minimum Gasteiger partial charge on any atom is -0.489 e. The topological polar surface area (TPSA) is 152 Å². The number of aliphatic hydroxyl groups is 1. The van der Waals surface area contributed by atoms with Crippen molar-refractivity contribution in [3.8, 4) is 17.0 Å². The van der Waals surface area contributed by atoms with Crippen molar-refractivity contribution in [1.82, 2.24) is 19.9 Å². The van der Waals surface area contributed by atoms with Crippen LogP contribution in [0.5, 0.6) is 5.75 Å². The van der Waals surface area contributed by atoms with Crippen molar-refractivity contribution >= 4 is 22.8 Å². The first-order valence-corrected chi connectivity index (χ1v) is 11.8. The number of imidazole rings is 1. The van der Waals surface area contributed by atoms with Crippen LogP contribution in [-0.4, -0.2) is 44.6 Å². The quantitative estimate of drug-likeness (QED) is 0.305. The van der Waals surface area contributed by atoms with E-state index in [1.165, 1.54) is 35.8 Å². The van der Waals surface area contributed by atoms with E-state index in [4.69, 9.17) is 10.5 Å². The lowest BCUT2D eigenvalue weighted by atomic mass is 9.82. The van der Waals surface area contributed by atoms with Gasteiger partial charge in [0.15, 0.2) is 0 Å². The number of nitrogens with zero attached hydrogens (tertiary/aromatic N) is 2. The van der Waals surface area contributed by atoms with E-state index in [-0.39, 0.29) is 24.5 Å². The molecule has 0 spiro atoms. The smallest absolute Gasteiger partial charge is 0.326 e. The van der Waals surface area contributed by atoms with E-state index in [0.717, 1.165) is 0 Å². The molecule has 1 aliphatic heterocycles. The van der Waals surface area contributed by atoms with E-state index in [2.05, 4.69) is 15.3 Å². The highest BCUT2D eigenvalue weighted by molar-refractivity contribution is 5.97. The van der Waals surface area contributed by atoms with Crippen molar-refractivity contribution in [2.24, 2.45) is 12.8 Å². The molecule has 2 aromatic carbocycles. The highest BCUT2D eigenvalue weighted by atomic mass is 19.1. The number of primary amides is 1. The second-order valence-electron chi connectivity index (χ2n) is 9.90. The van der Waals surface area contributed by atoms with Gasteiger partial charge in [-0.2, -0.15) is 0 Å². The molecule has 0 bridgehead atoms. The summed E-state index contributed by atoms with van der Waals surface area (Å²) in [6.07, 6.45) is 0. The molecule has 38 heavy (non-hydrogen) atoms. The molecule has 2 atom stereocenters. The zero-order chi connectivity index (χ0) is 27.4. The number of rotatable bonds is 6. The van der Waals surface area contributed by atoms with Gasteiger partial charge >= 0.3 is 5.69 Å². The molecule has 0 saturated heterocycles. The van der Waals surface area contributed by atoms with Gasteiger partial charge in [0.05, 0.1) is 23.3 Å². The number of amides is 2. The lowest BCUT2D eigenvalue weighted by molar-refractivity contribution is -0.123. The number of halogens is 1. The van der Waals surface area contributed by atoms with Crippen molar-refractivity contribution in [3.05, 3.63) is 81.7 Å². The number of hydrogen-bond acceptors (Lipinski definition) is 6. The Morgan fingerprint density at radius 2 is 1.97 bits per heavy atom. The molecule has 11 heteroatoms. The standard InChI is InChI=1S/C27H26FN5O5/c1-26(24(29)35)13-38-22-17(26)11-20(32-21(22)14-4-7-16(28)8-5-14)27(2,37)12-30-23(34)15-6-9-18-19(10-15)33(3)25(36)31-18/h4-11,37H,12-13H2,1-3H3,(H2,29,35)(H,30,34)(H,31,36)/t26-,27-/m0/s1. The number of carbonyl (C=O) groups is 2. The third-order valence-corrected chi connectivity index (χ3v) is 7.05. The van der Waals surface area contributed by atoms with Crippen LogP contribution in [0.15, 0.2) is 53.3 Å². The van der Waals surface area contributed by atoms with Crippen LogP contribution in [0.4, 0.5) is 4.39 Å². The molecule has 1 aliphatic rings. The average molecular weight is 520 g/mol. The Morgan fingerprint density at radius 3 is 2.66 bits per heavy atom. The summed E-state index contributed by atoms with van der Waals surface area (Å²) in [5, 5.41) is 14.1. The van der Waals surface area contributed by atoms with E-state index in [9.17, 15) is 23.9 Å². The maximum Gasteiger partial charge on any atom is 0.326 e.